The van der Waals surface area contributed by atoms with E-state index >= 15 is 0 Å². The molecule has 3 aromatic rings. The molecule has 8 nitrogen and oxygen atoms in total. The predicted octanol–water partition coefficient (Wildman–Crippen LogP) is 2.66. The van der Waals surface area contributed by atoms with Gasteiger partial charge in [0.1, 0.15) is 11.6 Å². The summed E-state index contributed by atoms with van der Waals surface area (Å²) in [6.45, 7) is 9.82. The van der Waals surface area contributed by atoms with E-state index in [1.807, 2.05) is 49.7 Å². The third-order valence-corrected chi connectivity index (χ3v) is 7.48. The van der Waals surface area contributed by atoms with Gasteiger partial charge in [0.05, 0.1) is 10.6 Å². The minimum atomic E-state index is -3.50. The Balaban J connectivity index is 1.51. The Kier molecular flexibility index (Phi) is 5.81. The lowest BCUT2D eigenvalue weighted by molar-refractivity contribution is 0.383. The summed E-state index contributed by atoms with van der Waals surface area (Å²) >= 11 is 0. The molecule has 0 saturated carbocycles. The molecule has 0 aliphatic carbocycles. The van der Waals surface area contributed by atoms with Crippen molar-refractivity contribution < 1.29 is 8.42 Å². The summed E-state index contributed by atoms with van der Waals surface area (Å²) in [7, 11) is -3.50. The van der Waals surface area contributed by atoms with E-state index in [1.54, 1.807) is 16.4 Å². The second-order valence-electron chi connectivity index (χ2n) is 7.86. The maximum Gasteiger partial charge on any atom is 0.243 e. The van der Waals surface area contributed by atoms with Gasteiger partial charge in [0.2, 0.25) is 10.0 Å². The van der Waals surface area contributed by atoms with Gasteiger partial charge >= 0.3 is 0 Å². The largest absolute Gasteiger partial charge is 0.354 e. The zero-order valence-corrected chi connectivity index (χ0v) is 19.2. The Morgan fingerprint density at radius 1 is 0.903 bits per heavy atom. The summed E-state index contributed by atoms with van der Waals surface area (Å²) in [6, 6.07) is 11.1. The molecule has 3 heterocycles. The number of piperazine rings is 1. The third-order valence-electron chi connectivity index (χ3n) is 5.57. The molecule has 0 unspecified atom stereocenters. The van der Waals surface area contributed by atoms with Gasteiger partial charge < -0.3 is 4.90 Å². The van der Waals surface area contributed by atoms with E-state index in [1.165, 1.54) is 0 Å². The lowest BCUT2D eigenvalue weighted by atomic mass is 10.2. The van der Waals surface area contributed by atoms with E-state index in [0.717, 1.165) is 35.0 Å². The maximum atomic E-state index is 13.0. The van der Waals surface area contributed by atoms with Gasteiger partial charge in [-0.15, -0.1) is 0 Å². The number of rotatable bonds is 5. The molecule has 0 bridgehead atoms. The number of nitrogens with zero attached hydrogens (tertiary/aromatic N) is 6. The van der Waals surface area contributed by atoms with Crippen LogP contribution in [-0.4, -0.2) is 58.7 Å². The first-order valence-electron chi connectivity index (χ1n) is 10.5. The van der Waals surface area contributed by atoms with Gasteiger partial charge in [0, 0.05) is 37.9 Å². The molecule has 2 aromatic heterocycles. The monoisotopic (exact) mass is 440 g/mol. The number of hydrogen-bond donors (Lipinski definition) is 0. The quantitative estimate of drug-likeness (QED) is 0.607. The Morgan fingerprint density at radius 3 is 2.13 bits per heavy atom. The van der Waals surface area contributed by atoms with E-state index in [2.05, 4.69) is 26.9 Å². The van der Waals surface area contributed by atoms with E-state index in [4.69, 9.17) is 0 Å². The molecular weight excluding hydrogens is 412 g/mol. The van der Waals surface area contributed by atoms with Crippen molar-refractivity contribution in [2.45, 2.75) is 39.0 Å². The van der Waals surface area contributed by atoms with Crippen molar-refractivity contribution in [1.29, 1.82) is 0 Å². The van der Waals surface area contributed by atoms with Crippen molar-refractivity contribution in [3.8, 4) is 5.82 Å². The van der Waals surface area contributed by atoms with Crippen LogP contribution in [0.5, 0.6) is 0 Å². The highest BCUT2D eigenvalue weighted by molar-refractivity contribution is 7.89. The van der Waals surface area contributed by atoms with Gasteiger partial charge in [0.25, 0.3) is 0 Å². The summed E-state index contributed by atoms with van der Waals surface area (Å²) in [4.78, 5) is 11.6. The second kappa shape index (κ2) is 8.39. The molecule has 1 aliphatic rings. The van der Waals surface area contributed by atoms with Crippen molar-refractivity contribution in [3.63, 3.8) is 0 Å². The summed E-state index contributed by atoms with van der Waals surface area (Å²) in [5.41, 5.74) is 3.06. The Morgan fingerprint density at radius 2 is 1.55 bits per heavy atom. The molecule has 31 heavy (non-hydrogen) atoms. The molecule has 1 aliphatic heterocycles. The minimum absolute atomic E-state index is 0.350. The van der Waals surface area contributed by atoms with E-state index < -0.39 is 10.0 Å². The second-order valence-corrected chi connectivity index (χ2v) is 9.80. The van der Waals surface area contributed by atoms with Crippen molar-refractivity contribution in [2.24, 2.45) is 0 Å². The van der Waals surface area contributed by atoms with E-state index in [-0.39, 0.29) is 0 Å². The van der Waals surface area contributed by atoms with Crippen LogP contribution in [0.3, 0.4) is 0 Å². The average molecular weight is 441 g/mol. The minimum Gasteiger partial charge on any atom is -0.354 e. The fraction of sp³-hybridized carbons (Fsp3) is 0.409. The van der Waals surface area contributed by atoms with Crippen molar-refractivity contribution in [2.75, 3.05) is 31.1 Å². The van der Waals surface area contributed by atoms with Crippen LogP contribution in [0, 0.1) is 20.8 Å². The standard InChI is InChI=1S/C22H28N6O2S/c1-5-19-6-8-20(9-7-19)31(29,30)27-12-10-26(11-13-27)21-15-22(24-18(4)23-21)28-17(3)14-16(2)25-28/h6-9,14-15H,5,10-13H2,1-4H3. The van der Waals surface area contributed by atoms with E-state index in [0.29, 0.717) is 36.9 Å². The Bertz CT molecular complexity index is 1180. The number of benzene rings is 1. The zero-order chi connectivity index (χ0) is 22.2. The van der Waals surface area contributed by atoms with Crippen LogP contribution in [-0.2, 0) is 16.4 Å². The summed E-state index contributed by atoms with van der Waals surface area (Å²) in [5.74, 6) is 2.17. The summed E-state index contributed by atoms with van der Waals surface area (Å²) in [6.07, 6.45) is 0.886. The van der Waals surface area contributed by atoms with Gasteiger partial charge in [0.15, 0.2) is 5.82 Å². The first-order chi connectivity index (χ1) is 14.8. The van der Waals surface area contributed by atoms with Crippen LogP contribution in [0.1, 0.15) is 29.7 Å². The topological polar surface area (TPSA) is 84.2 Å². The molecule has 1 fully saturated rings. The van der Waals surface area contributed by atoms with Gasteiger partial charge in [-0.2, -0.15) is 9.40 Å². The predicted molar refractivity (Wildman–Crippen MR) is 120 cm³/mol. The summed E-state index contributed by atoms with van der Waals surface area (Å²) < 4.78 is 29.4. The number of anilines is 1. The third kappa shape index (κ3) is 4.33. The number of aryl methyl sites for hydroxylation is 4. The lowest BCUT2D eigenvalue weighted by Crippen LogP contribution is -2.49. The first kappa shape index (κ1) is 21.5. The van der Waals surface area contributed by atoms with Crippen LogP contribution in [0.2, 0.25) is 0 Å². The molecule has 0 spiro atoms. The van der Waals surface area contributed by atoms with Crippen molar-refractivity contribution in [1.82, 2.24) is 24.1 Å². The summed E-state index contributed by atoms with van der Waals surface area (Å²) in [5, 5.41) is 4.52. The van der Waals surface area contributed by atoms with Crippen LogP contribution in [0.15, 0.2) is 41.3 Å². The highest BCUT2D eigenvalue weighted by Gasteiger charge is 2.29. The van der Waals surface area contributed by atoms with Gasteiger partial charge in [-0.05, 0) is 51.0 Å². The van der Waals surface area contributed by atoms with Crippen LogP contribution in [0.4, 0.5) is 5.82 Å². The van der Waals surface area contributed by atoms with Gasteiger partial charge in [-0.25, -0.2) is 23.1 Å². The molecule has 1 aromatic carbocycles. The Hall–Kier alpha value is -2.78. The molecule has 164 valence electrons. The smallest absolute Gasteiger partial charge is 0.243 e. The highest BCUT2D eigenvalue weighted by atomic mass is 32.2. The van der Waals surface area contributed by atoms with Gasteiger partial charge in [-0.1, -0.05) is 19.1 Å². The lowest BCUT2D eigenvalue weighted by Gasteiger charge is -2.34. The van der Waals surface area contributed by atoms with Gasteiger partial charge in [-0.3, -0.25) is 0 Å². The Labute approximate surface area is 183 Å². The van der Waals surface area contributed by atoms with Crippen LogP contribution in [0.25, 0.3) is 5.82 Å². The fourth-order valence-corrected chi connectivity index (χ4v) is 5.29. The molecular formula is C22H28N6O2S. The number of hydrogen-bond acceptors (Lipinski definition) is 6. The SMILES string of the molecule is CCc1ccc(S(=O)(=O)N2CCN(c3cc(-n4nc(C)cc4C)nc(C)n3)CC2)cc1. The molecule has 4 rings (SSSR count). The van der Waals surface area contributed by atoms with Crippen LogP contribution >= 0.6 is 0 Å². The molecule has 0 atom stereocenters. The number of sulfonamides is 1. The van der Waals surface area contributed by atoms with Crippen molar-refractivity contribution >= 4 is 15.8 Å². The zero-order valence-electron chi connectivity index (χ0n) is 18.4. The average Bonchev–Trinajstić information content (AvgIpc) is 3.11. The van der Waals surface area contributed by atoms with Crippen LogP contribution < -0.4 is 4.90 Å². The molecule has 9 heteroatoms. The van der Waals surface area contributed by atoms with E-state index in [9.17, 15) is 8.42 Å². The van der Waals surface area contributed by atoms with Crippen molar-refractivity contribution in [3.05, 3.63) is 59.2 Å². The highest BCUT2D eigenvalue weighted by Crippen LogP contribution is 2.22. The maximum absolute atomic E-state index is 13.0. The molecule has 0 amide bonds. The fourth-order valence-electron chi connectivity index (χ4n) is 3.87. The normalized spacial score (nSPS) is 15.4. The first-order valence-corrected chi connectivity index (χ1v) is 12.0. The molecule has 0 N–H and O–H groups in total. The number of aromatic nitrogens is 4. The molecule has 1 saturated heterocycles. The molecule has 0 radical (unpaired) electrons.